The first-order valence-corrected chi connectivity index (χ1v) is 13.3. The normalized spacial score (nSPS) is 28.5. The molecule has 0 aromatic heterocycles. The smallest absolute Gasteiger partial charge is 0.111 e. The molecule has 1 saturated heterocycles. The van der Waals surface area contributed by atoms with E-state index in [-0.39, 0.29) is 12.8 Å². The van der Waals surface area contributed by atoms with Crippen LogP contribution >= 0.6 is 0 Å². The number of nitrogens with two attached hydrogens (primary N) is 1. The molecule has 8 nitrogen and oxygen atoms in total. The Labute approximate surface area is 200 Å². The summed E-state index contributed by atoms with van der Waals surface area (Å²) in [6.45, 7) is 1.76. The van der Waals surface area contributed by atoms with Crippen molar-refractivity contribution in [2.75, 3.05) is 6.61 Å². The summed E-state index contributed by atoms with van der Waals surface area (Å²) in [5.74, 6) is 0. The average molecular weight is 478 g/mol. The predicted octanol–water partition coefficient (Wildman–Crippen LogP) is 1.75. The third-order valence-electron chi connectivity index (χ3n) is 6.96. The first-order chi connectivity index (χ1) is 15.8. The molecule has 0 aliphatic carbocycles. The molecule has 1 fully saturated rings. The Bertz CT molecular complexity index is 468. The maximum Gasteiger partial charge on any atom is 0.111 e. The van der Waals surface area contributed by atoms with E-state index in [9.17, 15) is 30.6 Å². The lowest BCUT2D eigenvalue weighted by Crippen LogP contribution is -2.58. The Morgan fingerprint density at radius 2 is 1.18 bits per heavy atom. The molecular formula is C25H51NO7. The third kappa shape index (κ3) is 11.8. The zero-order valence-electron chi connectivity index (χ0n) is 20.6. The molecule has 0 bridgehead atoms. The minimum absolute atomic E-state index is 0.227. The van der Waals surface area contributed by atoms with Crippen molar-refractivity contribution in [2.45, 2.75) is 152 Å². The molecule has 8 atom stereocenters. The second-order valence-corrected chi connectivity index (χ2v) is 9.84. The molecule has 198 valence electrons. The third-order valence-corrected chi connectivity index (χ3v) is 6.96. The van der Waals surface area contributed by atoms with Crippen LogP contribution in [0.25, 0.3) is 0 Å². The Morgan fingerprint density at radius 3 is 1.70 bits per heavy atom. The molecule has 0 aromatic carbocycles. The highest BCUT2D eigenvalue weighted by Gasteiger charge is 2.43. The zero-order chi connectivity index (χ0) is 24.6. The molecule has 8 heteroatoms. The highest BCUT2D eigenvalue weighted by Crippen LogP contribution is 2.25. The molecule has 33 heavy (non-hydrogen) atoms. The van der Waals surface area contributed by atoms with Crippen LogP contribution < -0.4 is 5.73 Å². The summed E-state index contributed by atoms with van der Waals surface area (Å²) in [5, 5.41) is 59.7. The van der Waals surface area contributed by atoms with E-state index in [0.717, 1.165) is 19.3 Å². The van der Waals surface area contributed by atoms with E-state index in [1.807, 2.05) is 0 Å². The molecule has 1 rings (SSSR count). The van der Waals surface area contributed by atoms with Crippen molar-refractivity contribution in [1.29, 1.82) is 0 Å². The number of hydrogen-bond donors (Lipinski definition) is 7. The lowest BCUT2D eigenvalue weighted by atomic mass is 9.90. The molecule has 0 amide bonds. The van der Waals surface area contributed by atoms with Crippen LogP contribution in [0.3, 0.4) is 0 Å². The van der Waals surface area contributed by atoms with Gasteiger partial charge >= 0.3 is 0 Å². The van der Waals surface area contributed by atoms with Crippen LogP contribution in [-0.4, -0.2) is 86.0 Å². The average Bonchev–Trinajstić information content (AvgIpc) is 2.82. The molecule has 8 N–H and O–H groups in total. The summed E-state index contributed by atoms with van der Waals surface area (Å²) in [6.07, 6.45) is 7.95. The van der Waals surface area contributed by atoms with Gasteiger partial charge in [-0.25, -0.2) is 0 Å². The number of rotatable bonds is 19. The predicted molar refractivity (Wildman–Crippen MR) is 129 cm³/mol. The lowest BCUT2D eigenvalue weighted by molar-refractivity contribution is -0.230. The topological polar surface area (TPSA) is 157 Å². The fourth-order valence-electron chi connectivity index (χ4n) is 4.60. The fourth-order valence-corrected chi connectivity index (χ4v) is 4.60. The Morgan fingerprint density at radius 1 is 0.697 bits per heavy atom. The standard InChI is InChI=1S/C25H51NO7/c1-2-3-4-5-6-7-8-9-10-11-12-13-14-19(28)22(29)18(26)15-16-20-23(30)25(32)24(31)21(17-27)33-20/h18-25,27-32H,2-17,26H2,1H3/t18-,19+,20?,21?,22-,23+,24-,25?/m0/s1. The van der Waals surface area contributed by atoms with Gasteiger partial charge in [0.05, 0.1) is 24.9 Å². The number of unbranched alkanes of at least 4 members (excludes halogenated alkanes) is 11. The number of hydrogen-bond acceptors (Lipinski definition) is 8. The highest BCUT2D eigenvalue weighted by atomic mass is 16.5. The van der Waals surface area contributed by atoms with Crippen molar-refractivity contribution >= 4 is 0 Å². The van der Waals surface area contributed by atoms with Crippen LogP contribution in [0.5, 0.6) is 0 Å². The van der Waals surface area contributed by atoms with Crippen molar-refractivity contribution in [3.8, 4) is 0 Å². The Hall–Kier alpha value is -0.320. The van der Waals surface area contributed by atoms with Gasteiger partial charge in [-0.3, -0.25) is 0 Å². The largest absolute Gasteiger partial charge is 0.394 e. The van der Waals surface area contributed by atoms with Crippen molar-refractivity contribution in [3.05, 3.63) is 0 Å². The van der Waals surface area contributed by atoms with Gasteiger partial charge < -0.3 is 41.1 Å². The van der Waals surface area contributed by atoms with Gasteiger partial charge in [0.15, 0.2) is 0 Å². The maximum absolute atomic E-state index is 10.3. The first kappa shape index (κ1) is 30.7. The summed E-state index contributed by atoms with van der Waals surface area (Å²) in [4.78, 5) is 0. The number of aliphatic hydroxyl groups excluding tert-OH is 6. The van der Waals surface area contributed by atoms with Crippen LogP contribution in [0.4, 0.5) is 0 Å². The molecule has 1 aliphatic rings. The highest BCUT2D eigenvalue weighted by molar-refractivity contribution is 4.92. The van der Waals surface area contributed by atoms with Crippen molar-refractivity contribution < 1.29 is 35.4 Å². The minimum Gasteiger partial charge on any atom is -0.394 e. The van der Waals surface area contributed by atoms with Gasteiger partial charge in [0.25, 0.3) is 0 Å². The van der Waals surface area contributed by atoms with E-state index < -0.39 is 55.4 Å². The van der Waals surface area contributed by atoms with E-state index in [4.69, 9.17) is 10.5 Å². The SMILES string of the molecule is CCCCCCCCCCCCCC[C@@H](O)[C@@H](O)[C@@H](N)CCC1OC(CO)[C@H](O)C(O)[C@@H]1O. The number of aliphatic hydroxyl groups is 6. The summed E-state index contributed by atoms with van der Waals surface area (Å²) < 4.78 is 5.46. The molecule has 1 heterocycles. The molecule has 3 unspecified atom stereocenters. The van der Waals surface area contributed by atoms with Crippen LogP contribution in [0.1, 0.15) is 103 Å². The minimum atomic E-state index is -1.42. The van der Waals surface area contributed by atoms with Gasteiger partial charge in [0.2, 0.25) is 0 Å². The summed E-state index contributed by atoms with van der Waals surface area (Å²) in [5.41, 5.74) is 6.04. The molecule has 0 spiro atoms. The van der Waals surface area contributed by atoms with E-state index in [1.54, 1.807) is 0 Å². The number of ether oxygens (including phenoxy) is 1. The monoisotopic (exact) mass is 477 g/mol. The molecule has 1 aliphatic heterocycles. The van der Waals surface area contributed by atoms with Crippen molar-refractivity contribution in [1.82, 2.24) is 0 Å². The van der Waals surface area contributed by atoms with E-state index in [1.165, 1.54) is 57.8 Å². The lowest BCUT2D eigenvalue weighted by Gasteiger charge is -2.40. The van der Waals surface area contributed by atoms with Crippen LogP contribution in [-0.2, 0) is 4.74 Å². The van der Waals surface area contributed by atoms with Gasteiger partial charge in [0.1, 0.15) is 24.4 Å². The zero-order valence-corrected chi connectivity index (χ0v) is 20.6. The first-order valence-electron chi connectivity index (χ1n) is 13.3. The summed E-state index contributed by atoms with van der Waals surface area (Å²) >= 11 is 0. The maximum atomic E-state index is 10.3. The molecule has 0 radical (unpaired) electrons. The molecular weight excluding hydrogens is 426 g/mol. The Balaban J connectivity index is 2.12. The van der Waals surface area contributed by atoms with Gasteiger partial charge in [0, 0.05) is 6.04 Å². The fraction of sp³-hybridized carbons (Fsp3) is 1.00. The van der Waals surface area contributed by atoms with Crippen molar-refractivity contribution in [2.24, 2.45) is 5.73 Å². The van der Waals surface area contributed by atoms with Crippen LogP contribution in [0.2, 0.25) is 0 Å². The second kappa shape index (κ2) is 18.0. The van der Waals surface area contributed by atoms with Crippen LogP contribution in [0.15, 0.2) is 0 Å². The summed E-state index contributed by atoms with van der Waals surface area (Å²) in [7, 11) is 0. The van der Waals surface area contributed by atoms with Gasteiger partial charge in [-0.1, -0.05) is 84.0 Å². The van der Waals surface area contributed by atoms with E-state index in [0.29, 0.717) is 6.42 Å². The Kier molecular flexibility index (Phi) is 16.8. The van der Waals surface area contributed by atoms with Gasteiger partial charge in [-0.2, -0.15) is 0 Å². The van der Waals surface area contributed by atoms with Gasteiger partial charge in [-0.15, -0.1) is 0 Å². The summed E-state index contributed by atoms with van der Waals surface area (Å²) in [6, 6.07) is -0.704. The molecule has 0 saturated carbocycles. The molecule has 0 aromatic rings. The second-order valence-electron chi connectivity index (χ2n) is 9.84. The van der Waals surface area contributed by atoms with Crippen LogP contribution in [0, 0.1) is 0 Å². The quantitative estimate of drug-likeness (QED) is 0.139. The van der Waals surface area contributed by atoms with E-state index >= 15 is 0 Å². The van der Waals surface area contributed by atoms with Crippen molar-refractivity contribution in [3.63, 3.8) is 0 Å². The van der Waals surface area contributed by atoms with Gasteiger partial charge in [-0.05, 0) is 19.3 Å². The van der Waals surface area contributed by atoms with E-state index in [2.05, 4.69) is 6.92 Å².